The number of allylic oxidation sites excluding steroid dienone is 1. The fourth-order valence-electron chi connectivity index (χ4n) is 3.99. The summed E-state index contributed by atoms with van der Waals surface area (Å²) in [5.74, 6) is -1.04. The lowest BCUT2D eigenvalue weighted by atomic mass is 9.92. The van der Waals surface area contributed by atoms with Gasteiger partial charge in [0.25, 0.3) is 0 Å². The van der Waals surface area contributed by atoms with Crippen LogP contribution in [0, 0.1) is 5.92 Å². The van der Waals surface area contributed by atoms with E-state index in [1.807, 2.05) is 42.5 Å². The number of carbonyl (C=O) groups is 2. The van der Waals surface area contributed by atoms with Crippen LogP contribution in [0.15, 0.2) is 67.3 Å². The molecule has 2 amide bonds. The van der Waals surface area contributed by atoms with E-state index >= 15 is 0 Å². The quantitative estimate of drug-likeness (QED) is 0.541. The Balaban J connectivity index is 1.62. The minimum Gasteiger partial charge on any atom is -0.394 e. The van der Waals surface area contributed by atoms with E-state index in [9.17, 15) is 19.8 Å². The van der Waals surface area contributed by atoms with E-state index < -0.39 is 12.0 Å². The molecular formula is C25H30N2O4. The normalized spacial score (nSPS) is 17.4. The minimum absolute atomic E-state index is 0.0257. The molecule has 1 heterocycles. The summed E-state index contributed by atoms with van der Waals surface area (Å²) in [6.45, 7) is 4.09. The second-order valence-electron chi connectivity index (χ2n) is 7.93. The Morgan fingerprint density at radius 3 is 2.48 bits per heavy atom. The monoisotopic (exact) mass is 422 g/mol. The van der Waals surface area contributed by atoms with Crippen LogP contribution < -0.4 is 5.32 Å². The van der Waals surface area contributed by atoms with Crippen LogP contribution in [0.4, 0.5) is 0 Å². The Bertz CT molecular complexity index is 899. The van der Waals surface area contributed by atoms with E-state index in [1.54, 1.807) is 23.1 Å². The van der Waals surface area contributed by atoms with Crippen molar-refractivity contribution in [2.45, 2.75) is 38.0 Å². The lowest BCUT2D eigenvalue weighted by molar-refractivity contribution is -0.140. The highest BCUT2D eigenvalue weighted by molar-refractivity contribution is 5.86. The number of carbonyl (C=O) groups excluding carboxylic acids is 2. The molecular weight excluding hydrogens is 392 g/mol. The Kier molecular flexibility index (Phi) is 7.98. The van der Waals surface area contributed by atoms with Crippen LogP contribution in [0.3, 0.4) is 0 Å². The standard InChI is InChI=1S/C25H30N2O4/c1-2-8-20(25(31)26-15-23(29)18-9-4-3-5-10-18)14-24(30)27-16-21-12-7-6-11-19(21)13-22(27)17-28/h2-7,9-12,20,22-23,28-29H,1,8,13-17H2,(H,26,31)/t20-,22+,23-/m1/s1. The zero-order valence-electron chi connectivity index (χ0n) is 17.6. The first kappa shape index (κ1) is 22.7. The van der Waals surface area contributed by atoms with Crippen molar-refractivity contribution in [3.8, 4) is 0 Å². The summed E-state index contributed by atoms with van der Waals surface area (Å²) in [7, 11) is 0. The molecule has 31 heavy (non-hydrogen) atoms. The number of nitrogens with zero attached hydrogens (tertiary/aromatic N) is 1. The molecule has 0 fully saturated rings. The zero-order chi connectivity index (χ0) is 22.2. The molecule has 0 bridgehead atoms. The summed E-state index contributed by atoms with van der Waals surface area (Å²) in [5, 5.41) is 22.9. The summed E-state index contributed by atoms with van der Waals surface area (Å²) in [6, 6.07) is 16.7. The third-order valence-corrected chi connectivity index (χ3v) is 5.78. The number of aliphatic hydroxyl groups excluding tert-OH is 2. The van der Waals surface area contributed by atoms with E-state index in [0.29, 0.717) is 19.4 Å². The van der Waals surface area contributed by atoms with Crippen LogP contribution in [0.2, 0.25) is 0 Å². The Morgan fingerprint density at radius 1 is 1.13 bits per heavy atom. The molecule has 0 unspecified atom stereocenters. The van der Waals surface area contributed by atoms with Gasteiger partial charge in [0.2, 0.25) is 11.8 Å². The van der Waals surface area contributed by atoms with E-state index in [1.165, 1.54) is 0 Å². The van der Waals surface area contributed by atoms with E-state index in [0.717, 1.165) is 16.7 Å². The van der Waals surface area contributed by atoms with Gasteiger partial charge in [-0.25, -0.2) is 0 Å². The lowest BCUT2D eigenvalue weighted by Gasteiger charge is -2.36. The van der Waals surface area contributed by atoms with Crippen LogP contribution in [-0.4, -0.2) is 46.1 Å². The number of nitrogens with one attached hydrogen (secondary N) is 1. The predicted molar refractivity (Wildman–Crippen MR) is 119 cm³/mol. The molecule has 6 heteroatoms. The van der Waals surface area contributed by atoms with Gasteiger partial charge in [-0.1, -0.05) is 60.7 Å². The average molecular weight is 423 g/mol. The van der Waals surface area contributed by atoms with Crippen molar-refractivity contribution >= 4 is 11.8 Å². The number of hydrogen-bond acceptors (Lipinski definition) is 4. The maximum atomic E-state index is 13.1. The molecule has 3 atom stereocenters. The van der Waals surface area contributed by atoms with E-state index in [2.05, 4.69) is 11.9 Å². The lowest BCUT2D eigenvalue weighted by Crippen LogP contribution is -2.47. The van der Waals surface area contributed by atoms with Crippen molar-refractivity contribution in [2.24, 2.45) is 5.92 Å². The molecule has 0 saturated carbocycles. The first-order chi connectivity index (χ1) is 15.0. The number of rotatable bonds is 9. The molecule has 1 aliphatic rings. The highest BCUT2D eigenvalue weighted by Gasteiger charge is 2.31. The molecule has 6 nitrogen and oxygen atoms in total. The Hall–Kier alpha value is -2.96. The molecule has 164 valence electrons. The summed E-state index contributed by atoms with van der Waals surface area (Å²) in [4.78, 5) is 27.5. The number of amides is 2. The molecule has 2 aromatic carbocycles. The van der Waals surface area contributed by atoms with Crippen molar-refractivity contribution < 1.29 is 19.8 Å². The summed E-state index contributed by atoms with van der Waals surface area (Å²) >= 11 is 0. The predicted octanol–water partition coefficient (Wildman–Crippen LogP) is 2.36. The first-order valence-corrected chi connectivity index (χ1v) is 10.6. The average Bonchev–Trinajstić information content (AvgIpc) is 2.81. The number of benzene rings is 2. The fourth-order valence-corrected chi connectivity index (χ4v) is 3.99. The highest BCUT2D eigenvalue weighted by Crippen LogP contribution is 2.25. The Labute approximate surface area is 183 Å². The summed E-state index contributed by atoms with van der Waals surface area (Å²) in [6.07, 6.45) is 1.79. The first-order valence-electron chi connectivity index (χ1n) is 10.6. The number of aliphatic hydroxyl groups is 2. The van der Waals surface area contributed by atoms with Crippen LogP contribution in [0.1, 0.15) is 35.6 Å². The summed E-state index contributed by atoms with van der Waals surface area (Å²) in [5.41, 5.74) is 2.93. The van der Waals surface area contributed by atoms with Gasteiger partial charge in [0.1, 0.15) is 0 Å². The van der Waals surface area contributed by atoms with Gasteiger partial charge >= 0.3 is 0 Å². The topological polar surface area (TPSA) is 89.9 Å². The third-order valence-electron chi connectivity index (χ3n) is 5.78. The molecule has 0 saturated heterocycles. The molecule has 3 N–H and O–H groups in total. The number of hydrogen-bond donors (Lipinski definition) is 3. The van der Waals surface area contributed by atoms with Crippen molar-refractivity contribution in [2.75, 3.05) is 13.2 Å². The second kappa shape index (κ2) is 10.9. The van der Waals surface area contributed by atoms with Crippen molar-refractivity contribution in [3.05, 3.63) is 83.9 Å². The maximum absolute atomic E-state index is 13.1. The molecule has 1 aliphatic heterocycles. The zero-order valence-corrected chi connectivity index (χ0v) is 17.6. The van der Waals surface area contributed by atoms with Crippen molar-refractivity contribution in [3.63, 3.8) is 0 Å². The van der Waals surface area contributed by atoms with Gasteiger partial charge < -0.3 is 20.4 Å². The van der Waals surface area contributed by atoms with Crippen molar-refractivity contribution in [1.29, 1.82) is 0 Å². The SMILES string of the molecule is C=CC[C@H](CC(=O)N1Cc2ccccc2C[C@H]1CO)C(=O)NC[C@@H](O)c1ccccc1. The van der Waals surface area contributed by atoms with Gasteiger partial charge in [-0.3, -0.25) is 9.59 Å². The van der Waals surface area contributed by atoms with Gasteiger partial charge in [0, 0.05) is 19.5 Å². The van der Waals surface area contributed by atoms with E-state index in [-0.39, 0.29) is 37.4 Å². The smallest absolute Gasteiger partial charge is 0.224 e. The number of fused-ring (bicyclic) bond motifs is 1. The van der Waals surface area contributed by atoms with Crippen LogP contribution in [0.5, 0.6) is 0 Å². The van der Waals surface area contributed by atoms with Gasteiger partial charge in [-0.2, -0.15) is 0 Å². The molecule has 0 spiro atoms. The Morgan fingerprint density at radius 2 is 1.81 bits per heavy atom. The van der Waals surface area contributed by atoms with Gasteiger partial charge in [0.05, 0.1) is 24.7 Å². The van der Waals surface area contributed by atoms with Crippen LogP contribution >= 0.6 is 0 Å². The van der Waals surface area contributed by atoms with E-state index in [4.69, 9.17) is 0 Å². The molecule has 3 rings (SSSR count). The molecule has 0 radical (unpaired) electrons. The molecule has 2 aromatic rings. The minimum atomic E-state index is -0.817. The largest absolute Gasteiger partial charge is 0.394 e. The second-order valence-corrected chi connectivity index (χ2v) is 7.93. The van der Waals surface area contributed by atoms with Gasteiger partial charge in [-0.05, 0) is 29.5 Å². The molecule has 0 aromatic heterocycles. The summed E-state index contributed by atoms with van der Waals surface area (Å²) < 4.78 is 0. The fraction of sp³-hybridized carbons (Fsp3) is 0.360. The van der Waals surface area contributed by atoms with Gasteiger partial charge in [0.15, 0.2) is 0 Å². The van der Waals surface area contributed by atoms with Crippen LogP contribution in [-0.2, 0) is 22.6 Å². The van der Waals surface area contributed by atoms with Gasteiger partial charge in [-0.15, -0.1) is 6.58 Å². The highest BCUT2D eigenvalue weighted by atomic mass is 16.3. The van der Waals surface area contributed by atoms with Crippen LogP contribution in [0.25, 0.3) is 0 Å². The third kappa shape index (κ3) is 5.81. The maximum Gasteiger partial charge on any atom is 0.224 e. The molecule has 0 aliphatic carbocycles. The van der Waals surface area contributed by atoms with Crippen molar-refractivity contribution in [1.82, 2.24) is 10.2 Å².